The SMILES string of the molecule is Cc1cc(C(=O)CN(CCC(C)C)C2CCCC2)c(C)s1. The van der Waals surface area contributed by atoms with Crippen LogP contribution in [0.25, 0.3) is 0 Å². The normalized spacial score (nSPS) is 16.3. The van der Waals surface area contributed by atoms with Crippen LogP contribution in [0, 0.1) is 19.8 Å². The highest BCUT2D eigenvalue weighted by Gasteiger charge is 2.25. The van der Waals surface area contributed by atoms with Crippen molar-refractivity contribution in [1.82, 2.24) is 4.90 Å². The average molecular weight is 308 g/mol. The van der Waals surface area contributed by atoms with E-state index >= 15 is 0 Å². The third-order valence-corrected chi connectivity index (χ3v) is 5.49. The minimum absolute atomic E-state index is 0.313. The van der Waals surface area contributed by atoms with Crippen molar-refractivity contribution >= 4 is 17.1 Å². The van der Waals surface area contributed by atoms with E-state index < -0.39 is 0 Å². The van der Waals surface area contributed by atoms with Crippen molar-refractivity contribution in [3.63, 3.8) is 0 Å². The molecule has 21 heavy (non-hydrogen) atoms. The second-order valence-corrected chi connectivity index (χ2v) is 8.30. The number of rotatable bonds is 7. The van der Waals surface area contributed by atoms with Crippen LogP contribution in [0.4, 0.5) is 0 Å². The highest BCUT2D eigenvalue weighted by Crippen LogP contribution is 2.26. The largest absolute Gasteiger partial charge is 0.293 e. The molecule has 118 valence electrons. The first kappa shape index (κ1) is 16.7. The van der Waals surface area contributed by atoms with Crippen molar-refractivity contribution in [2.45, 2.75) is 65.8 Å². The predicted molar refractivity (Wildman–Crippen MR) is 91.4 cm³/mol. The zero-order valence-electron chi connectivity index (χ0n) is 13.9. The number of hydrogen-bond donors (Lipinski definition) is 0. The van der Waals surface area contributed by atoms with Gasteiger partial charge in [0.1, 0.15) is 0 Å². The first-order valence-electron chi connectivity index (χ1n) is 8.31. The zero-order valence-corrected chi connectivity index (χ0v) is 14.8. The molecular weight excluding hydrogens is 278 g/mol. The van der Waals surface area contributed by atoms with Crippen molar-refractivity contribution in [1.29, 1.82) is 0 Å². The highest BCUT2D eigenvalue weighted by atomic mass is 32.1. The van der Waals surface area contributed by atoms with Gasteiger partial charge >= 0.3 is 0 Å². The van der Waals surface area contributed by atoms with Gasteiger partial charge in [-0.3, -0.25) is 9.69 Å². The summed E-state index contributed by atoms with van der Waals surface area (Å²) in [6, 6.07) is 2.70. The molecule has 0 spiro atoms. The summed E-state index contributed by atoms with van der Waals surface area (Å²) >= 11 is 1.74. The van der Waals surface area contributed by atoms with Gasteiger partial charge in [-0.1, -0.05) is 26.7 Å². The summed E-state index contributed by atoms with van der Waals surface area (Å²) in [6.45, 7) is 10.4. The van der Waals surface area contributed by atoms with Crippen LogP contribution < -0.4 is 0 Å². The van der Waals surface area contributed by atoms with Crippen LogP contribution in [0.15, 0.2) is 6.07 Å². The number of thiophene rings is 1. The van der Waals surface area contributed by atoms with E-state index in [0.717, 1.165) is 12.1 Å². The molecule has 3 heteroatoms. The Hall–Kier alpha value is -0.670. The molecule has 0 amide bonds. The maximum absolute atomic E-state index is 12.7. The quantitative estimate of drug-likeness (QED) is 0.672. The van der Waals surface area contributed by atoms with Gasteiger partial charge in [0.25, 0.3) is 0 Å². The number of aryl methyl sites for hydroxylation is 2. The first-order valence-corrected chi connectivity index (χ1v) is 9.13. The standard InChI is InChI=1S/C18H29NOS/c1-13(2)9-10-19(16-7-5-6-8-16)12-18(20)17-11-14(3)21-15(17)4/h11,13,16H,5-10,12H2,1-4H3. The Balaban J connectivity index is 2.02. The summed E-state index contributed by atoms with van der Waals surface area (Å²) in [4.78, 5) is 17.5. The lowest BCUT2D eigenvalue weighted by molar-refractivity contribution is 0.0885. The first-order chi connectivity index (χ1) is 9.97. The van der Waals surface area contributed by atoms with E-state index in [4.69, 9.17) is 0 Å². The van der Waals surface area contributed by atoms with Crippen molar-refractivity contribution in [3.8, 4) is 0 Å². The molecule has 1 aromatic rings. The number of hydrogen-bond acceptors (Lipinski definition) is 3. The summed E-state index contributed by atoms with van der Waals surface area (Å²) < 4.78 is 0. The Morgan fingerprint density at radius 3 is 2.52 bits per heavy atom. The molecule has 0 bridgehead atoms. The van der Waals surface area contributed by atoms with Crippen LogP contribution >= 0.6 is 11.3 Å². The molecule has 1 aliphatic rings. The van der Waals surface area contributed by atoms with Gasteiger partial charge < -0.3 is 0 Å². The fraction of sp³-hybridized carbons (Fsp3) is 0.722. The lowest BCUT2D eigenvalue weighted by Crippen LogP contribution is -2.38. The molecule has 1 aromatic heterocycles. The molecule has 0 radical (unpaired) electrons. The molecule has 0 unspecified atom stereocenters. The minimum atomic E-state index is 0.313. The number of nitrogens with zero attached hydrogens (tertiary/aromatic N) is 1. The summed E-state index contributed by atoms with van der Waals surface area (Å²) in [6.07, 6.45) is 6.38. The van der Waals surface area contributed by atoms with E-state index in [1.165, 1.54) is 41.9 Å². The van der Waals surface area contributed by atoms with Crippen LogP contribution in [-0.2, 0) is 0 Å². The Morgan fingerprint density at radius 1 is 1.33 bits per heavy atom. The van der Waals surface area contributed by atoms with Crippen molar-refractivity contribution in [3.05, 3.63) is 21.4 Å². The van der Waals surface area contributed by atoms with E-state index in [9.17, 15) is 4.79 Å². The Morgan fingerprint density at radius 2 is 2.00 bits per heavy atom. The van der Waals surface area contributed by atoms with E-state index in [-0.39, 0.29) is 0 Å². The monoisotopic (exact) mass is 307 g/mol. The van der Waals surface area contributed by atoms with Gasteiger partial charge in [-0.25, -0.2) is 0 Å². The molecule has 0 aromatic carbocycles. The third-order valence-electron chi connectivity index (χ3n) is 4.52. The summed E-state index contributed by atoms with van der Waals surface area (Å²) in [5, 5.41) is 0. The Bertz CT molecular complexity index is 472. The van der Waals surface area contributed by atoms with Crippen LogP contribution in [0.3, 0.4) is 0 Å². The van der Waals surface area contributed by atoms with Gasteiger partial charge in [0.2, 0.25) is 0 Å². The smallest absolute Gasteiger partial charge is 0.177 e. The summed E-state index contributed by atoms with van der Waals surface area (Å²) in [5.74, 6) is 1.02. The van der Waals surface area contributed by atoms with Gasteiger partial charge in [0.05, 0.1) is 6.54 Å². The van der Waals surface area contributed by atoms with E-state index in [0.29, 0.717) is 24.3 Å². The molecule has 0 saturated heterocycles. The fourth-order valence-electron chi connectivity index (χ4n) is 3.26. The van der Waals surface area contributed by atoms with Crippen molar-refractivity contribution in [2.75, 3.05) is 13.1 Å². The fourth-order valence-corrected chi connectivity index (χ4v) is 4.20. The van der Waals surface area contributed by atoms with Gasteiger partial charge in [0.15, 0.2) is 5.78 Å². The van der Waals surface area contributed by atoms with Gasteiger partial charge in [-0.05, 0) is 51.6 Å². The van der Waals surface area contributed by atoms with Crippen LogP contribution in [-0.4, -0.2) is 29.8 Å². The highest BCUT2D eigenvalue weighted by molar-refractivity contribution is 7.12. The van der Waals surface area contributed by atoms with E-state index in [1.54, 1.807) is 11.3 Å². The second kappa shape index (κ2) is 7.55. The number of carbonyl (C=O) groups is 1. The second-order valence-electron chi connectivity index (χ2n) is 6.84. The van der Waals surface area contributed by atoms with Gasteiger partial charge in [-0.15, -0.1) is 11.3 Å². The number of carbonyl (C=O) groups excluding carboxylic acids is 1. The lowest BCUT2D eigenvalue weighted by Gasteiger charge is -2.28. The third kappa shape index (κ3) is 4.65. The number of Topliss-reactive ketones (excluding diaryl/α,β-unsaturated/α-hetero) is 1. The van der Waals surface area contributed by atoms with Gasteiger partial charge in [0, 0.05) is 21.4 Å². The Labute approximate surface area is 133 Å². The molecule has 2 nitrogen and oxygen atoms in total. The molecular formula is C18H29NOS. The lowest BCUT2D eigenvalue weighted by atomic mass is 10.1. The van der Waals surface area contributed by atoms with Crippen molar-refractivity contribution < 1.29 is 4.79 Å². The molecule has 0 atom stereocenters. The maximum atomic E-state index is 12.7. The molecule has 2 rings (SSSR count). The molecule has 1 fully saturated rings. The molecule has 1 saturated carbocycles. The minimum Gasteiger partial charge on any atom is -0.293 e. The summed E-state index contributed by atoms with van der Waals surface area (Å²) in [7, 11) is 0. The average Bonchev–Trinajstić information content (AvgIpc) is 3.03. The Kier molecular flexibility index (Phi) is 6.00. The van der Waals surface area contributed by atoms with E-state index in [1.807, 2.05) is 0 Å². The maximum Gasteiger partial charge on any atom is 0.177 e. The molecule has 0 aliphatic heterocycles. The zero-order chi connectivity index (χ0) is 15.4. The van der Waals surface area contributed by atoms with Crippen LogP contribution in [0.2, 0.25) is 0 Å². The molecule has 1 heterocycles. The number of ketones is 1. The van der Waals surface area contributed by atoms with Crippen LogP contribution in [0.1, 0.15) is 66.1 Å². The van der Waals surface area contributed by atoms with Crippen LogP contribution in [0.5, 0.6) is 0 Å². The van der Waals surface area contributed by atoms with Gasteiger partial charge in [-0.2, -0.15) is 0 Å². The van der Waals surface area contributed by atoms with Crippen molar-refractivity contribution in [2.24, 2.45) is 5.92 Å². The predicted octanol–water partition coefficient (Wildman–Crippen LogP) is 4.84. The molecule has 0 N–H and O–H groups in total. The van der Waals surface area contributed by atoms with E-state index in [2.05, 4.69) is 38.7 Å². The summed E-state index contributed by atoms with van der Waals surface area (Å²) in [5.41, 5.74) is 0.949. The topological polar surface area (TPSA) is 20.3 Å². The molecule has 1 aliphatic carbocycles.